The van der Waals surface area contributed by atoms with Crippen molar-refractivity contribution in [2.24, 2.45) is 0 Å². The maximum absolute atomic E-state index is 10.9. The molecular weight excluding hydrogens is 246 g/mol. The fourth-order valence-corrected chi connectivity index (χ4v) is 1.51. The van der Waals surface area contributed by atoms with Crippen molar-refractivity contribution < 1.29 is 19.2 Å². The van der Waals surface area contributed by atoms with Gasteiger partial charge in [0.15, 0.2) is 0 Å². The molecule has 0 saturated carbocycles. The molecule has 17 heavy (non-hydrogen) atoms. The molecule has 0 N–H and O–H groups in total. The highest BCUT2D eigenvalue weighted by Gasteiger charge is 2.27. The molecule has 0 spiro atoms. The summed E-state index contributed by atoms with van der Waals surface area (Å²) >= 11 is 5.52. The van der Waals surface area contributed by atoms with Gasteiger partial charge in [0.05, 0.1) is 24.8 Å². The smallest absolute Gasteiger partial charge is 0.307 e. The fourth-order valence-electron chi connectivity index (χ4n) is 1.44. The van der Waals surface area contributed by atoms with E-state index in [9.17, 15) is 9.59 Å². The minimum Gasteiger partial charge on any atom is -0.429 e. The number of hydroxylamine groups is 2. The molecule has 94 valence electrons. The van der Waals surface area contributed by atoms with Crippen molar-refractivity contribution in [1.82, 2.24) is 5.06 Å². The van der Waals surface area contributed by atoms with Crippen molar-refractivity contribution in [2.45, 2.75) is 19.9 Å². The van der Waals surface area contributed by atoms with E-state index >= 15 is 0 Å². The number of ether oxygens (including phenoxy) is 1. The Hall–Kier alpha value is -1.13. The lowest BCUT2D eigenvalue weighted by Gasteiger charge is -2.31. The van der Waals surface area contributed by atoms with Gasteiger partial charge in [-0.05, 0) is 13.0 Å². The van der Waals surface area contributed by atoms with Gasteiger partial charge in [-0.2, -0.15) is 5.06 Å². The number of carbonyl (C=O) groups excluding carboxylic acids is 2. The van der Waals surface area contributed by atoms with Gasteiger partial charge in [-0.3, -0.25) is 9.63 Å². The van der Waals surface area contributed by atoms with Crippen molar-refractivity contribution in [3.8, 4) is 0 Å². The summed E-state index contributed by atoms with van der Waals surface area (Å²) in [6, 6.07) is -0.251. The van der Waals surface area contributed by atoms with Gasteiger partial charge in [-0.1, -0.05) is 0 Å². The molecule has 0 fully saturated rings. The summed E-state index contributed by atoms with van der Waals surface area (Å²) in [5.74, 6) is 2.06. The molecule has 0 aromatic carbocycles. The van der Waals surface area contributed by atoms with Gasteiger partial charge in [-0.15, -0.1) is 11.6 Å². The third-order valence-electron chi connectivity index (χ3n) is 2.21. The van der Waals surface area contributed by atoms with Crippen LogP contribution in [0.1, 0.15) is 13.8 Å². The molecule has 1 rings (SSSR count). The summed E-state index contributed by atoms with van der Waals surface area (Å²) < 4.78 is 5.01. The molecule has 0 radical (unpaired) electrons. The third-order valence-corrected chi connectivity index (χ3v) is 2.37. The molecule has 1 aliphatic heterocycles. The summed E-state index contributed by atoms with van der Waals surface area (Å²) in [5, 5.41) is 1.54. The topological polar surface area (TPSA) is 55.8 Å². The molecule has 0 aromatic rings. The monoisotopic (exact) mass is 259 g/mol. The number of alkyl halides is 1. The zero-order valence-corrected chi connectivity index (χ0v) is 10.5. The summed E-state index contributed by atoms with van der Waals surface area (Å²) in [4.78, 5) is 26.9. The van der Waals surface area contributed by atoms with Crippen molar-refractivity contribution in [1.29, 1.82) is 0 Å². The molecular formula is C11H14ClNO4. The molecule has 0 aromatic heterocycles. The number of carbonyl (C=O) groups is 1. The van der Waals surface area contributed by atoms with E-state index in [2.05, 4.69) is 0 Å². The lowest BCUT2D eigenvalue weighted by molar-refractivity contribution is -0.176. The third kappa shape index (κ3) is 3.98. The van der Waals surface area contributed by atoms with Gasteiger partial charge in [0.25, 0.3) is 0 Å². The number of halogens is 1. The Morgan fingerprint density at radius 2 is 2.41 bits per heavy atom. The van der Waals surface area contributed by atoms with Crippen LogP contribution in [0.3, 0.4) is 0 Å². The summed E-state index contributed by atoms with van der Waals surface area (Å²) in [7, 11) is 0. The Kier molecular flexibility index (Phi) is 5.38. The lowest BCUT2D eigenvalue weighted by atomic mass is 10.1. The Morgan fingerprint density at radius 1 is 1.71 bits per heavy atom. The Labute approximate surface area is 105 Å². The van der Waals surface area contributed by atoms with E-state index in [4.69, 9.17) is 21.2 Å². The zero-order valence-electron chi connectivity index (χ0n) is 9.73. The number of nitrogens with zero attached hydrogens (tertiary/aromatic N) is 1. The van der Waals surface area contributed by atoms with Crippen molar-refractivity contribution in [3.05, 3.63) is 17.4 Å². The van der Waals surface area contributed by atoms with Crippen molar-refractivity contribution >= 4 is 23.5 Å². The lowest BCUT2D eigenvalue weighted by Crippen LogP contribution is -2.40. The standard InChI is InChI=1S/C11H14ClNO4/c1-8-11(17-9(2)15)5-10(7-14)6-13(8)16-4-3-12/h5,8H,3-4,6H2,1-2H3. The van der Waals surface area contributed by atoms with Crippen LogP contribution < -0.4 is 0 Å². The number of hydrogen-bond acceptors (Lipinski definition) is 5. The SMILES string of the molecule is CC(=O)OC1=CC(=C=O)CN(OCCCl)C1C. The van der Waals surface area contributed by atoms with E-state index in [0.29, 0.717) is 30.4 Å². The molecule has 0 amide bonds. The molecule has 0 bridgehead atoms. The van der Waals surface area contributed by atoms with E-state index in [1.165, 1.54) is 13.0 Å². The Morgan fingerprint density at radius 3 is 2.94 bits per heavy atom. The van der Waals surface area contributed by atoms with Gasteiger partial charge < -0.3 is 4.74 Å². The number of hydrogen-bond donors (Lipinski definition) is 0. The molecule has 1 atom stereocenters. The molecule has 1 unspecified atom stereocenters. The van der Waals surface area contributed by atoms with Gasteiger partial charge in [0.1, 0.15) is 11.7 Å². The molecule has 1 heterocycles. The van der Waals surface area contributed by atoms with Gasteiger partial charge >= 0.3 is 5.97 Å². The first-order chi connectivity index (χ1) is 8.08. The van der Waals surface area contributed by atoms with E-state index < -0.39 is 5.97 Å². The van der Waals surface area contributed by atoms with Crippen molar-refractivity contribution in [3.63, 3.8) is 0 Å². The second kappa shape index (κ2) is 6.57. The maximum atomic E-state index is 10.9. The highest BCUT2D eigenvalue weighted by molar-refractivity contribution is 6.17. The first kappa shape index (κ1) is 13.9. The van der Waals surface area contributed by atoms with E-state index in [1.54, 1.807) is 11.0 Å². The Bertz CT molecular complexity index is 374. The predicted molar refractivity (Wildman–Crippen MR) is 61.9 cm³/mol. The molecule has 0 saturated heterocycles. The van der Waals surface area contributed by atoms with Crippen LogP contribution >= 0.6 is 11.6 Å². The van der Waals surface area contributed by atoms with Crippen LogP contribution in [0.4, 0.5) is 0 Å². The molecule has 5 nitrogen and oxygen atoms in total. The minimum absolute atomic E-state index is 0.251. The first-order valence-corrected chi connectivity index (χ1v) is 5.71. The van der Waals surface area contributed by atoms with Crippen LogP contribution in [-0.2, 0) is 19.2 Å². The zero-order chi connectivity index (χ0) is 12.8. The van der Waals surface area contributed by atoms with Crippen LogP contribution in [-0.4, -0.2) is 42.0 Å². The number of esters is 1. The van der Waals surface area contributed by atoms with Gasteiger partial charge in [0.2, 0.25) is 0 Å². The summed E-state index contributed by atoms with van der Waals surface area (Å²) in [5.41, 5.74) is 0.369. The van der Waals surface area contributed by atoms with Gasteiger partial charge in [-0.25, -0.2) is 4.79 Å². The highest BCUT2D eigenvalue weighted by Crippen LogP contribution is 2.21. The molecule has 6 heteroatoms. The van der Waals surface area contributed by atoms with Crippen molar-refractivity contribution in [2.75, 3.05) is 19.0 Å². The Balaban J connectivity index is 2.83. The van der Waals surface area contributed by atoms with Crippen LogP contribution in [0, 0.1) is 0 Å². The predicted octanol–water partition coefficient (Wildman–Crippen LogP) is 1.07. The maximum Gasteiger partial charge on any atom is 0.307 e. The summed E-state index contributed by atoms with van der Waals surface area (Å²) in [6.45, 7) is 3.73. The van der Waals surface area contributed by atoms with E-state index in [-0.39, 0.29) is 6.04 Å². The molecule has 1 aliphatic rings. The van der Waals surface area contributed by atoms with E-state index in [0.717, 1.165) is 0 Å². The average Bonchev–Trinajstić information content (AvgIpc) is 2.29. The first-order valence-electron chi connectivity index (χ1n) is 5.18. The largest absolute Gasteiger partial charge is 0.429 e. The minimum atomic E-state index is -0.437. The number of rotatable bonds is 4. The fraction of sp³-hybridized carbons (Fsp3) is 0.545. The summed E-state index contributed by atoms with van der Waals surface area (Å²) in [6.07, 6.45) is 1.51. The van der Waals surface area contributed by atoms with Crippen LogP contribution in [0.15, 0.2) is 17.4 Å². The highest BCUT2D eigenvalue weighted by atomic mass is 35.5. The van der Waals surface area contributed by atoms with Crippen LogP contribution in [0.5, 0.6) is 0 Å². The van der Waals surface area contributed by atoms with Gasteiger partial charge in [0, 0.05) is 12.8 Å². The second-order valence-corrected chi connectivity index (χ2v) is 3.92. The second-order valence-electron chi connectivity index (χ2n) is 3.54. The quantitative estimate of drug-likeness (QED) is 0.429. The average molecular weight is 260 g/mol. The van der Waals surface area contributed by atoms with Crippen LogP contribution in [0.25, 0.3) is 0 Å². The van der Waals surface area contributed by atoms with E-state index in [1.807, 2.05) is 6.92 Å². The van der Waals surface area contributed by atoms with Crippen LogP contribution in [0.2, 0.25) is 0 Å². The normalized spacial score (nSPS) is 20.8. The molecule has 0 aliphatic carbocycles.